The Morgan fingerprint density at radius 2 is 1.71 bits per heavy atom. The van der Waals surface area contributed by atoms with E-state index in [0.29, 0.717) is 29.3 Å². The molecule has 6 nitrogen and oxygen atoms in total. The molecule has 1 saturated carbocycles. The third-order valence-electron chi connectivity index (χ3n) is 7.24. The Morgan fingerprint density at radius 1 is 1.03 bits per heavy atom. The summed E-state index contributed by atoms with van der Waals surface area (Å²) >= 11 is 1.51. The lowest BCUT2D eigenvalue weighted by molar-refractivity contribution is -0.146. The lowest BCUT2D eigenvalue weighted by Crippen LogP contribution is -2.37. The van der Waals surface area contributed by atoms with Crippen LogP contribution in [0.5, 0.6) is 0 Å². The van der Waals surface area contributed by atoms with Gasteiger partial charge in [0.2, 0.25) is 5.91 Å². The Kier molecular flexibility index (Phi) is 6.24. The predicted molar refractivity (Wildman–Crippen MR) is 121 cm³/mol. The van der Waals surface area contributed by atoms with Crippen molar-refractivity contribution in [3.05, 3.63) is 27.2 Å². The topological polar surface area (TPSA) is 95.5 Å². The number of hydrogen-bond acceptors (Lipinski definition) is 4. The first-order valence-electron chi connectivity index (χ1n) is 11.4. The molecule has 1 heterocycles. The van der Waals surface area contributed by atoms with E-state index >= 15 is 0 Å². The van der Waals surface area contributed by atoms with Gasteiger partial charge in [0.1, 0.15) is 5.00 Å². The maximum absolute atomic E-state index is 13.3. The van der Waals surface area contributed by atoms with Crippen molar-refractivity contribution in [2.45, 2.75) is 78.2 Å². The molecule has 3 N–H and O–H groups in total. The van der Waals surface area contributed by atoms with Crippen LogP contribution in [0.1, 0.15) is 80.1 Å². The number of amides is 2. The first-order valence-corrected chi connectivity index (χ1v) is 12.2. The Balaban J connectivity index is 1.62. The lowest BCUT2D eigenvalue weighted by Gasteiger charge is -2.29. The van der Waals surface area contributed by atoms with Gasteiger partial charge in [-0.15, -0.1) is 11.3 Å². The second-order valence-electron chi connectivity index (χ2n) is 9.48. The summed E-state index contributed by atoms with van der Waals surface area (Å²) in [6, 6.07) is 0.240. The van der Waals surface area contributed by atoms with E-state index in [1.54, 1.807) is 0 Å². The van der Waals surface area contributed by atoms with Gasteiger partial charge in [-0.3, -0.25) is 14.4 Å². The normalized spacial score (nSPS) is 25.7. The van der Waals surface area contributed by atoms with E-state index in [1.807, 2.05) is 13.8 Å². The van der Waals surface area contributed by atoms with Crippen molar-refractivity contribution < 1.29 is 19.5 Å². The smallest absolute Gasteiger partial charge is 0.307 e. The fraction of sp³-hybridized carbons (Fsp3) is 0.625. The van der Waals surface area contributed by atoms with E-state index in [4.69, 9.17) is 0 Å². The number of aliphatic carboxylic acids is 1. The Morgan fingerprint density at radius 3 is 2.32 bits per heavy atom. The number of hydrogen-bond donors (Lipinski definition) is 3. The molecule has 3 aliphatic rings. The zero-order chi connectivity index (χ0) is 22.3. The van der Waals surface area contributed by atoms with Gasteiger partial charge in [-0.25, -0.2) is 0 Å². The van der Waals surface area contributed by atoms with Crippen LogP contribution in [0.25, 0.3) is 0 Å². The van der Waals surface area contributed by atoms with Crippen molar-refractivity contribution in [3.8, 4) is 0 Å². The number of fused-ring (bicyclic) bond motifs is 1. The van der Waals surface area contributed by atoms with Crippen LogP contribution in [0, 0.1) is 17.8 Å². The van der Waals surface area contributed by atoms with Crippen molar-refractivity contribution in [3.63, 3.8) is 0 Å². The molecule has 0 bridgehead atoms. The molecule has 4 rings (SSSR count). The highest BCUT2D eigenvalue weighted by Gasteiger charge is 2.39. The molecule has 1 aromatic rings. The van der Waals surface area contributed by atoms with E-state index in [1.165, 1.54) is 16.2 Å². The first kappa shape index (κ1) is 22.1. The van der Waals surface area contributed by atoms with Gasteiger partial charge in [-0.2, -0.15) is 0 Å². The minimum Gasteiger partial charge on any atom is -0.481 e. The molecule has 2 amide bonds. The van der Waals surface area contributed by atoms with Gasteiger partial charge in [0.15, 0.2) is 0 Å². The molecule has 0 aromatic carbocycles. The monoisotopic (exact) mass is 444 g/mol. The largest absolute Gasteiger partial charge is 0.481 e. The van der Waals surface area contributed by atoms with Crippen LogP contribution in [0.4, 0.5) is 5.00 Å². The van der Waals surface area contributed by atoms with Gasteiger partial charge in [0.25, 0.3) is 5.91 Å². The molecular weight excluding hydrogens is 412 g/mol. The van der Waals surface area contributed by atoms with Gasteiger partial charge in [-0.05, 0) is 70.3 Å². The summed E-state index contributed by atoms with van der Waals surface area (Å²) in [7, 11) is 0. The standard InChI is InChI=1S/C24H32N2O4S/c1-4-14-5-8-16-19(11-14)31-23(20(16)22(28)25-15-6-7-15)26-21(27)17-9-12(2)13(3)10-18(17)24(29)30/h14-15,17-18H,4-11H2,1-3H3,(H,25,28)(H,26,27)(H,29,30)/t14-,17-,18-/m1/s1. The third-order valence-corrected chi connectivity index (χ3v) is 8.41. The van der Waals surface area contributed by atoms with Gasteiger partial charge >= 0.3 is 5.97 Å². The lowest BCUT2D eigenvalue weighted by atomic mass is 9.76. The van der Waals surface area contributed by atoms with Crippen molar-refractivity contribution in [1.82, 2.24) is 5.32 Å². The summed E-state index contributed by atoms with van der Waals surface area (Å²) in [4.78, 5) is 39.4. The molecule has 1 aromatic heterocycles. The van der Waals surface area contributed by atoms with E-state index in [9.17, 15) is 19.5 Å². The SMILES string of the molecule is CC[C@@H]1CCc2c(sc(NC(=O)[C@@H]3CC(C)=C(C)C[C@H]3C(=O)O)c2C(=O)NC2CC2)C1. The highest BCUT2D eigenvalue weighted by molar-refractivity contribution is 7.17. The number of nitrogens with one attached hydrogen (secondary N) is 2. The fourth-order valence-corrected chi connectivity index (χ4v) is 6.21. The summed E-state index contributed by atoms with van der Waals surface area (Å²) in [5.74, 6) is -2.06. The quantitative estimate of drug-likeness (QED) is 0.561. The molecule has 0 radical (unpaired) electrons. The molecule has 1 fully saturated rings. The van der Waals surface area contributed by atoms with Gasteiger partial charge < -0.3 is 15.7 Å². The summed E-state index contributed by atoms with van der Waals surface area (Å²) in [6.45, 7) is 6.10. The molecule has 0 spiro atoms. The van der Waals surface area contributed by atoms with Crippen molar-refractivity contribution >= 4 is 34.1 Å². The summed E-state index contributed by atoms with van der Waals surface area (Å²) in [6.07, 6.45) is 6.82. The maximum atomic E-state index is 13.3. The second kappa shape index (κ2) is 8.77. The number of carbonyl (C=O) groups excluding carboxylic acids is 2. The van der Waals surface area contributed by atoms with Crippen LogP contribution in [0.3, 0.4) is 0 Å². The van der Waals surface area contributed by atoms with E-state index < -0.39 is 17.8 Å². The molecule has 3 aliphatic carbocycles. The van der Waals surface area contributed by atoms with E-state index in [2.05, 4.69) is 17.6 Å². The summed E-state index contributed by atoms with van der Waals surface area (Å²) in [5, 5.41) is 16.4. The van der Waals surface area contributed by atoms with Gasteiger partial charge in [-0.1, -0.05) is 24.5 Å². The minimum atomic E-state index is -0.935. The average Bonchev–Trinajstić information content (AvgIpc) is 3.47. The number of carboxylic acid groups (broad SMARTS) is 1. The average molecular weight is 445 g/mol. The summed E-state index contributed by atoms with van der Waals surface area (Å²) in [5.41, 5.74) is 3.83. The molecule has 7 heteroatoms. The Bertz CT molecular complexity index is 944. The number of allylic oxidation sites excluding steroid dienone is 2. The van der Waals surface area contributed by atoms with Crippen LogP contribution < -0.4 is 10.6 Å². The van der Waals surface area contributed by atoms with Crippen molar-refractivity contribution in [1.29, 1.82) is 0 Å². The Hall–Kier alpha value is -2.15. The Labute approximate surface area is 187 Å². The predicted octanol–water partition coefficient (Wildman–Crippen LogP) is 4.54. The third kappa shape index (κ3) is 4.56. The van der Waals surface area contributed by atoms with Gasteiger partial charge in [0.05, 0.1) is 17.4 Å². The summed E-state index contributed by atoms with van der Waals surface area (Å²) < 4.78 is 0. The number of thiophene rings is 1. The van der Waals surface area contributed by atoms with Crippen LogP contribution in [-0.2, 0) is 22.4 Å². The molecule has 0 unspecified atom stereocenters. The molecular formula is C24H32N2O4S. The van der Waals surface area contributed by atoms with Crippen LogP contribution in [0.15, 0.2) is 11.1 Å². The molecule has 0 aliphatic heterocycles. The molecule has 31 heavy (non-hydrogen) atoms. The van der Waals surface area contributed by atoms with Gasteiger partial charge in [0, 0.05) is 10.9 Å². The fourth-order valence-electron chi connectivity index (χ4n) is 4.85. The maximum Gasteiger partial charge on any atom is 0.307 e. The number of carboxylic acids is 1. The van der Waals surface area contributed by atoms with Crippen LogP contribution in [-0.4, -0.2) is 28.9 Å². The highest BCUT2D eigenvalue weighted by Crippen LogP contribution is 2.42. The highest BCUT2D eigenvalue weighted by atomic mass is 32.1. The van der Waals surface area contributed by atoms with E-state index in [-0.39, 0.29) is 17.9 Å². The molecule has 168 valence electrons. The number of anilines is 1. The zero-order valence-corrected chi connectivity index (χ0v) is 19.4. The molecule has 0 saturated heterocycles. The van der Waals surface area contributed by atoms with E-state index in [0.717, 1.165) is 55.2 Å². The van der Waals surface area contributed by atoms with Crippen molar-refractivity contribution in [2.75, 3.05) is 5.32 Å². The number of carbonyl (C=O) groups is 3. The number of rotatable bonds is 6. The zero-order valence-electron chi connectivity index (χ0n) is 18.5. The van der Waals surface area contributed by atoms with Crippen LogP contribution >= 0.6 is 11.3 Å². The van der Waals surface area contributed by atoms with Crippen LogP contribution in [0.2, 0.25) is 0 Å². The second-order valence-corrected chi connectivity index (χ2v) is 10.6. The minimum absolute atomic E-state index is 0.101. The molecule has 3 atom stereocenters. The first-order chi connectivity index (χ1) is 14.8. The van der Waals surface area contributed by atoms with Crippen molar-refractivity contribution in [2.24, 2.45) is 17.8 Å².